The van der Waals surface area contributed by atoms with Crippen molar-refractivity contribution in [3.63, 3.8) is 0 Å². The summed E-state index contributed by atoms with van der Waals surface area (Å²) in [5.74, 6) is -3.10. The van der Waals surface area contributed by atoms with Gasteiger partial charge in [-0.25, -0.2) is 0 Å². The van der Waals surface area contributed by atoms with Crippen LogP contribution < -0.4 is 4.74 Å². The van der Waals surface area contributed by atoms with Crippen LogP contribution in [0.2, 0.25) is 0 Å². The van der Waals surface area contributed by atoms with E-state index in [9.17, 15) is 45.6 Å². The highest BCUT2D eigenvalue weighted by Gasteiger charge is 2.45. The summed E-state index contributed by atoms with van der Waals surface area (Å²) in [5, 5.41) is 78.1. The third kappa shape index (κ3) is 4.77. The van der Waals surface area contributed by atoms with Gasteiger partial charge in [0.05, 0.1) is 6.61 Å². The van der Waals surface area contributed by atoms with Crippen molar-refractivity contribution in [2.45, 2.75) is 30.7 Å². The van der Waals surface area contributed by atoms with Gasteiger partial charge in [0.25, 0.3) is 0 Å². The molecular formula is C21H22O11. The van der Waals surface area contributed by atoms with Gasteiger partial charge in [0, 0.05) is 12.1 Å². The predicted octanol–water partition coefficient (Wildman–Crippen LogP) is -0.416. The lowest BCUT2D eigenvalue weighted by Gasteiger charge is -2.39. The quantitative estimate of drug-likeness (QED) is 0.162. The van der Waals surface area contributed by atoms with E-state index < -0.39 is 71.7 Å². The Morgan fingerprint density at radius 1 is 0.938 bits per heavy atom. The van der Waals surface area contributed by atoms with Gasteiger partial charge in [0.1, 0.15) is 47.2 Å². The van der Waals surface area contributed by atoms with Gasteiger partial charge < -0.3 is 50.3 Å². The number of carbonyl (C=O) groups is 1. The van der Waals surface area contributed by atoms with Gasteiger partial charge in [0.2, 0.25) is 6.29 Å². The Morgan fingerprint density at radius 2 is 1.66 bits per heavy atom. The molecular weight excluding hydrogens is 428 g/mol. The molecule has 1 aliphatic heterocycles. The van der Waals surface area contributed by atoms with Crippen molar-refractivity contribution in [1.82, 2.24) is 0 Å². The van der Waals surface area contributed by atoms with Crippen molar-refractivity contribution in [1.29, 1.82) is 0 Å². The first-order chi connectivity index (χ1) is 15.1. The molecule has 1 heterocycles. The average molecular weight is 450 g/mol. The smallest absolute Gasteiger partial charge is 0.229 e. The number of allylic oxidation sites excluding steroid dienone is 1. The molecule has 5 atom stereocenters. The van der Waals surface area contributed by atoms with Crippen molar-refractivity contribution in [3.8, 4) is 28.7 Å². The average Bonchev–Trinajstić information content (AvgIpc) is 2.74. The minimum Gasteiger partial charge on any atom is -0.508 e. The van der Waals surface area contributed by atoms with Gasteiger partial charge in [-0.2, -0.15) is 0 Å². The SMILES string of the molecule is O=C(/C=C/c1ccc(O)c(O)c1)c1c(O)cc(O)cc1O[C@@H]1O[C@H](CO)[C@@H](O)[C@H](O)[C@H]1O. The third-order valence-corrected chi connectivity index (χ3v) is 4.83. The molecule has 8 N–H and O–H groups in total. The molecule has 0 bridgehead atoms. The molecule has 172 valence electrons. The van der Waals surface area contributed by atoms with Crippen molar-refractivity contribution < 1.29 is 55.1 Å². The zero-order chi connectivity index (χ0) is 23.6. The van der Waals surface area contributed by atoms with Crippen LogP contribution in [0, 0.1) is 0 Å². The molecule has 0 amide bonds. The number of carbonyl (C=O) groups excluding carboxylic acids is 1. The summed E-state index contributed by atoms with van der Waals surface area (Å²) in [4.78, 5) is 12.7. The third-order valence-electron chi connectivity index (χ3n) is 4.83. The molecule has 2 aromatic carbocycles. The second-order valence-corrected chi connectivity index (χ2v) is 7.10. The second-order valence-electron chi connectivity index (χ2n) is 7.10. The Balaban J connectivity index is 1.90. The molecule has 11 nitrogen and oxygen atoms in total. The maximum atomic E-state index is 12.7. The number of aliphatic hydroxyl groups excluding tert-OH is 4. The number of benzene rings is 2. The zero-order valence-electron chi connectivity index (χ0n) is 16.4. The molecule has 0 saturated carbocycles. The number of phenolic OH excluding ortho intramolecular Hbond substituents is 4. The monoisotopic (exact) mass is 450 g/mol. The summed E-state index contributed by atoms with van der Waals surface area (Å²) in [5.41, 5.74) is -0.0673. The van der Waals surface area contributed by atoms with Crippen LogP contribution in [0.3, 0.4) is 0 Å². The fourth-order valence-electron chi connectivity index (χ4n) is 3.12. The number of aromatic hydroxyl groups is 4. The Bertz CT molecular complexity index is 1020. The van der Waals surface area contributed by atoms with Crippen LogP contribution in [0.25, 0.3) is 6.08 Å². The van der Waals surface area contributed by atoms with Crippen LogP contribution in [0.5, 0.6) is 28.7 Å². The fourth-order valence-corrected chi connectivity index (χ4v) is 3.12. The van der Waals surface area contributed by atoms with Crippen molar-refractivity contribution in [2.75, 3.05) is 6.61 Å². The van der Waals surface area contributed by atoms with Gasteiger partial charge in [-0.05, 0) is 23.8 Å². The first kappa shape index (κ1) is 23.3. The lowest BCUT2D eigenvalue weighted by Crippen LogP contribution is -2.60. The van der Waals surface area contributed by atoms with Gasteiger partial charge in [-0.15, -0.1) is 0 Å². The highest BCUT2D eigenvalue weighted by Crippen LogP contribution is 2.36. The van der Waals surface area contributed by atoms with Crippen molar-refractivity contribution in [3.05, 3.63) is 47.5 Å². The van der Waals surface area contributed by atoms with Gasteiger partial charge in [-0.1, -0.05) is 12.1 Å². The molecule has 1 aliphatic rings. The van der Waals surface area contributed by atoms with E-state index >= 15 is 0 Å². The van der Waals surface area contributed by atoms with Gasteiger partial charge in [-0.3, -0.25) is 4.79 Å². The summed E-state index contributed by atoms with van der Waals surface area (Å²) >= 11 is 0. The lowest BCUT2D eigenvalue weighted by molar-refractivity contribution is -0.277. The Kier molecular flexibility index (Phi) is 6.87. The summed E-state index contributed by atoms with van der Waals surface area (Å²) in [6, 6.07) is 5.68. The highest BCUT2D eigenvalue weighted by atomic mass is 16.7. The van der Waals surface area contributed by atoms with Crippen LogP contribution in [-0.2, 0) is 4.74 Å². The summed E-state index contributed by atoms with van der Waals surface area (Å²) in [6.45, 7) is -0.704. The van der Waals surface area contributed by atoms with Gasteiger partial charge >= 0.3 is 0 Å². The number of hydrogen-bond donors (Lipinski definition) is 8. The molecule has 1 saturated heterocycles. The Morgan fingerprint density at radius 3 is 2.31 bits per heavy atom. The van der Waals surface area contributed by atoms with E-state index in [2.05, 4.69) is 0 Å². The normalized spacial score (nSPS) is 25.7. The maximum Gasteiger partial charge on any atom is 0.229 e. The van der Waals surface area contributed by atoms with Crippen molar-refractivity contribution >= 4 is 11.9 Å². The number of phenols is 4. The van der Waals surface area contributed by atoms with Crippen LogP contribution >= 0.6 is 0 Å². The number of aliphatic hydroxyl groups is 4. The number of ether oxygens (including phenoxy) is 2. The topological polar surface area (TPSA) is 197 Å². The van der Waals surface area contributed by atoms with E-state index in [1.807, 2.05) is 0 Å². The van der Waals surface area contributed by atoms with E-state index in [1.165, 1.54) is 24.3 Å². The number of rotatable bonds is 6. The summed E-state index contributed by atoms with van der Waals surface area (Å²) in [7, 11) is 0. The van der Waals surface area contributed by atoms with Crippen LogP contribution in [0.15, 0.2) is 36.4 Å². The first-order valence-corrected chi connectivity index (χ1v) is 9.40. The first-order valence-electron chi connectivity index (χ1n) is 9.40. The fraction of sp³-hybridized carbons (Fsp3) is 0.286. The van der Waals surface area contributed by atoms with E-state index in [0.29, 0.717) is 5.56 Å². The van der Waals surface area contributed by atoms with E-state index in [-0.39, 0.29) is 5.75 Å². The van der Waals surface area contributed by atoms with E-state index in [1.54, 1.807) is 0 Å². The van der Waals surface area contributed by atoms with Crippen LogP contribution in [0.1, 0.15) is 15.9 Å². The standard InChI is InChI=1S/C21H22O11/c22-8-16-18(28)19(29)20(30)21(32-16)31-15-7-10(23)6-14(27)17(15)12(25)4-2-9-1-3-11(24)13(26)5-9/h1-7,16,18-24,26-30H,8H2/b4-2+/t16-,18-,19+,20-,21-/m1/s1. The van der Waals surface area contributed by atoms with Crippen LogP contribution in [-0.4, -0.2) is 83.9 Å². The number of ketones is 1. The van der Waals surface area contributed by atoms with Crippen LogP contribution in [0.4, 0.5) is 0 Å². The minimum atomic E-state index is -1.78. The van der Waals surface area contributed by atoms with Crippen molar-refractivity contribution in [2.24, 2.45) is 0 Å². The zero-order valence-corrected chi connectivity index (χ0v) is 16.4. The molecule has 0 aliphatic carbocycles. The second kappa shape index (κ2) is 9.42. The molecule has 0 spiro atoms. The van der Waals surface area contributed by atoms with E-state index in [0.717, 1.165) is 18.2 Å². The molecule has 3 rings (SSSR count). The molecule has 1 fully saturated rings. The molecule has 0 radical (unpaired) electrons. The predicted molar refractivity (Wildman–Crippen MR) is 107 cm³/mol. The molecule has 32 heavy (non-hydrogen) atoms. The molecule has 0 aromatic heterocycles. The molecule has 2 aromatic rings. The molecule has 11 heteroatoms. The highest BCUT2D eigenvalue weighted by molar-refractivity contribution is 6.10. The lowest BCUT2D eigenvalue weighted by atomic mass is 9.99. The minimum absolute atomic E-state index is 0.347. The molecule has 0 unspecified atom stereocenters. The van der Waals surface area contributed by atoms with E-state index in [4.69, 9.17) is 9.47 Å². The summed E-state index contributed by atoms with van der Waals surface area (Å²) < 4.78 is 10.6. The largest absolute Gasteiger partial charge is 0.508 e. The Labute approximate surface area is 181 Å². The summed E-state index contributed by atoms with van der Waals surface area (Å²) in [6.07, 6.45) is -5.77. The Hall–Kier alpha value is -3.35. The van der Waals surface area contributed by atoms with Gasteiger partial charge in [0.15, 0.2) is 17.3 Å². The maximum absolute atomic E-state index is 12.7. The number of hydrogen-bond acceptors (Lipinski definition) is 11.